The molecule has 1 aromatic heterocycles. The van der Waals surface area contributed by atoms with Gasteiger partial charge < -0.3 is 5.11 Å². The topological polar surface area (TPSA) is 46.0 Å². The molecule has 1 heterocycles. The van der Waals surface area contributed by atoms with E-state index in [4.69, 9.17) is 5.11 Å². The van der Waals surface area contributed by atoms with Gasteiger partial charge in [-0.05, 0) is 12.1 Å². The Morgan fingerprint density at radius 1 is 1.07 bits per heavy atom. The Hall–Kier alpha value is -2.04. The number of aromatic hydroxyl groups is 1. The van der Waals surface area contributed by atoms with E-state index in [-0.39, 0.29) is 17.1 Å². The predicted molar refractivity (Wildman–Crippen MR) is 49.0 cm³/mol. The molecule has 5 heteroatoms. The number of phenols is 1. The molecule has 0 aliphatic rings. The zero-order valence-electron chi connectivity index (χ0n) is 7.48. The highest BCUT2D eigenvalue weighted by Gasteiger charge is 2.08. The van der Waals surface area contributed by atoms with Crippen LogP contribution in [0.3, 0.4) is 0 Å². The number of hydrogen-bond acceptors (Lipinski definition) is 3. The Bertz CT molecular complexity index is 485. The van der Waals surface area contributed by atoms with Crippen molar-refractivity contribution in [2.45, 2.75) is 0 Å². The van der Waals surface area contributed by atoms with E-state index in [2.05, 4.69) is 9.97 Å². The predicted octanol–water partition coefficient (Wildman–Crippen LogP) is 2.13. The Kier molecular flexibility index (Phi) is 2.29. The summed E-state index contributed by atoms with van der Waals surface area (Å²) in [6.45, 7) is 0. The SMILES string of the molecule is Oc1ccc(-c2ncc(F)cn2)c(F)c1. The van der Waals surface area contributed by atoms with Crippen LogP contribution in [0.4, 0.5) is 8.78 Å². The lowest BCUT2D eigenvalue weighted by Gasteiger charge is -2.01. The Balaban J connectivity index is 2.49. The van der Waals surface area contributed by atoms with Crippen LogP contribution in [-0.4, -0.2) is 15.1 Å². The molecule has 1 aromatic carbocycles. The number of nitrogens with zero attached hydrogens (tertiary/aromatic N) is 2. The summed E-state index contributed by atoms with van der Waals surface area (Å²) in [7, 11) is 0. The van der Waals surface area contributed by atoms with Crippen molar-refractivity contribution in [1.29, 1.82) is 0 Å². The Labute approximate surface area is 84.1 Å². The van der Waals surface area contributed by atoms with Gasteiger partial charge in [-0.25, -0.2) is 18.7 Å². The molecule has 0 atom stereocenters. The maximum atomic E-state index is 13.3. The summed E-state index contributed by atoms with van der Waals surface area (Å²) in [6.07, 6.45) is 1.91. The fourth-order valence-corrected chi connectivity index (χ4v) is 1.14. The molecule has 0 bridgehead atoms. The summed E-state index contributed by atoms with van der Waals surface area (Å²) in [5.41, 5.74) is 0.118. The maximum Gasteiger partial charge on any atom is 0.162 e. The van der Waals surface area contributed by atoms with Crippen LogP contribution in [0.1, 0.15) is 0 Å². The molecular weight excluding hydrogens is 202 g/mol. The molecule has 0 unspecified atom stereocenters. The molecule has 1 N–H and O–H groups in total. The van der Waals surface area contributed by atoms with Crippen molar-refractivity contribution in [3.63, 3.8) is 0 Å². The van der Waals surface area contributed by atoms with Crippen LogP contribution < -0.4 is 0 Å². The minimum Gasteiger partial charge on any atom is -0.508 e. The number of benzene rings is 1. The average molecular weight is 208 g/mol. The van der Waals surface area contributed by atoms with E-state index in [0.717, 1.165) is 18.5 Å². The highest BCUT2D eigenvalue weighted by atomic mass is 19.1. The largest absolute Gasteiger partial charge is 0.508 e. The lowest BCUT2D eigenvalue weighted by Crippen LogP contribution is -1.92. The Morgan fingerprint density at radius 3 is 2.33 bits per heavy atom. The number of phenolic OH excluding ortho intramolecular Hbond substituents is 1. The quantitative estimate of drug-likeness (QED) is 0.780. The number of aromatic nitrogens is 2. The third-order valence-electron chi connectivity index (χ3n) is 1.81. The van der Waals surface area contributed by atoms with Gasteiger partial charge in [-0.3, -0.25) is 0 Å². The van der Waals surface area contributed by atoms with Crippen LogP contribution in [-0.2, 0) is 0 Å². The summed E-state index contributed by atoms with van der Waals surface area (Å²) in [5, 5.41) is 8.99. The molecule has 0 amide bonds. The summed E-state index contributed by atoms with van der Waals surface area (Å²) >= 11 is 0. The van der Waals surface area contributed by atoms with E-state index >= 15 is 0 Å². The summed E-state index contributed by atoms with van der Waals surface area (Å²) < 4.78 is 25.8. The van der Waals surface area contributed by atoms with Crippen molar-refractivity contribution in [3.8, 4) is 17.1 Å². The molecule has 2 rings (SSSR count). The van der Waals surface area contributed by atoms with Crippen molar-refractivity contribution < 1.29 is 13.9 Å². The maximum absolute atomic E-state index is 13.3. The molecule has 76 valence electrons. The van der Waals surface area contributed by atoms with Crippen molar-refractivity contribution in [2.24, 2.45) is 0 Å². The van der Waals surface area contributed by atoms with Gasteiger partial charge in [0.15, 0.2) is 11.6 Å². The van der Waals surface area contributed by atoms with Crippen LogP contribution in [0, 0.1) is 11.6 Å². The van der Waals surface area contributed by atoms with E-state index in [1.165, 1.54) is 12.1 Å². The molecule has 0 fully saturated rings. The van der Waals surface area contributed by atoms with Gasteiger partial charge in [0.05, 0.1) is 18.0 Å². The second-order valence-corrected chi connectivity index (χ2v) is 2.89. The molecular formula is C10H6F2N2O. The van der Waals surface area contributed by atoms with Gasteiger partial charge in [0.2, 0.25) is 0 Å². The second kappa shape index (κ2) is 3.61. The first-order valence-corrected chi connectivity index (χ1v) is 4.13. The third-order valence-corrected chi connectivity index (χ3v) is 1.81. The fourth-order valence-electron chi connectivity index (χ4n) is 1.14. The minimum atomic E-state index is -0.651. The summed E-state index contributed by atoms with van der Waals surface area (Å²) in [5.74, 6) is -1.34. The van der Waals surface area contributed by atoms with Crippen molar-refractivity contribution in [2.75, 3.05) is 0 Å². The molecule has 2 aromatic rings. The standard InChI is InChI=1S/C10H6F2N2O/c11-6-4-13-10(14-5-6)8-2-1-7(15)3-9(8)12/h1-5,15H. The molecule has 0 aliphatic carbocycles. The van der Waals surface area contributed by atoms with E-state index in [1.54, 1.807) is 0 Å². The number of halogens is 2. The third kappa shape index (κ3) is 1.90. The zero-order valence-corrected chi connectivity index (χ0v) is 7.48. The average Bonchev–Trinajstić information content (AvgIpc) is 2.20. The molecule has 0 aliphatic heterocycles. The van der Waals surface area contributed by atoms with Crippen molar-refractivity contribution in [3.05, 3.63) is 42.2 Å². The first-order chi connectivity index (χ1) is 7.16. The van der Waals surface area contributed by atoms with Crippen molar-refractivity contribution >= 4 is 0 Å². The van der Waals surface area contributed by atoms with Gasteiger partial charge in [-0.2, -0.15) is 0 Å². The summed E-state index contributed by atoms with van der Waals surface area (Å²) in [4.78, 5) is 7.26. The van der Waals surface area contributed by atoms with Crippen LogP contribution in [0.2, 0.25) is 0 Å². The fraction of sp³-hybridized carbons (Fsp3) is 0. The Morgan fingerprint density at radius 2 is 1.73 bits per heavy atom. The first-order valence-electron chi connectivity index (χ1n) is 4.13. The van der Waals surface area contributed by atoms with Gasteiger partial charge >= 0.3 is 0 Å². The summed E-state index contributed by atoms with van der Waals surface area (Å²) in [6, 6.07) is 3.59. The zero-order chi connectivity index (χ0) is 10.8. The van der Waals surface area contributed by atoms with Gasteiger partial charge in [-0.1, -0.05) is 0 Å². The highest BCUT2D eigenvalue weighted by Crippen LogP contribution is 2.22. The van der Waals surface area contributed by atoms with E-state index < -0.39 is 11.6 Å². The monoisotopic (exact) mass is 208 g/mol. The lowest BCUT2D eigenvalue weighted by molar-refractivity contribution is 0.469. The molecule has 3 nitrogen and oxygen atoms in total. The second-order valence-electron chi connectivity index (χ2n) is 2.89. The normalized spacial score (nSPS) is 10.3. The van der Waals surface area contributed by atoms with E-state index in [0.29, 0.717) is 0 Å². The van der Waals surface area contributed by atoms with Crippen LogP contribution >= 0.6 is 0 Å². The number of hydrogen-bond donors (Lipinski definition) is 1. The van der Waals surface area contributed by atoms with Crippen LogP contribution in [0.25, 0.3) is 11.4 Å². The van der Waals surface area contributed by atoms with E-state index in [9.17, 15) is 8.78 Å². The van der Waals surface area contributed by atoms with Crippen LogP contribution in [0.15, 0.2) is 30.6 Å². The molecule has 0 radical (unpaired) electrons. The minimum absolute atomic E-state index is 0.0777. The number of rotatable bonds is 1. The first kappa shape index (κ1) is 9.51. The molecule has 15 heavy (non-hydrogen) atoms. The van der Waals surface area contributed by atoms with Crippen LogP contribution in [0.5, 0.6) is 5.75 Å². The molecule has 0 spiro atoms. The molecule has 0 saturated carbocycles. The van der Waals surface area contributed by atoms with Gasteiger partial charge in [0.1, 0.15) is 11.6 Å². The molecule has 0 saturated heterocycles. The highest BCUT2D eigenvalue weighted by molar-refractivity contribution is 5.56. The van der Waals surface area contributed by atoms with Crippen molar-refractivity contribution in [1.82, 2.24) is 9.97 Å². The smallest absolute Gasteiger partial charge is 0.162 e. The lowest BCUT2D eigenvalue weighted by atomic mass is 10.2. The van der Waals surface area contributed by atoms with Gasteiger partial charge in [-0.15, -0.1) is 0 Å². The van der Waals surface area contributed by atoms with Gasteiger partial charge in [0, 0.05) is 6.07 Å². The van der Waals surface area contributed by atoms with E-state index in [1.807, 2.05) is 0 Å². The van der Waals surface area contributed by atoms with Gasteiger partial charge in [0.25, 0.3) is 0 Å².